The van der Waals surface area contributed by atoms with Gasteiger partial charge in [0.1, 0.15) is 0 Å². The van der Waals surface area contributed by atoms with Crippen molar-refractivity contribution in [3.63, 3.8) is 0 Å². The van der Waals surface area contributed by atoms with Gasteiger partial charge in [-0.2, -0.15) is 5.10 Å². The van der Waals surface area contributed by atoms with Gasteiger partial charge < -0.3 is 19.9 Å². The number of aromatic nitrogens is 2. The number of ether oxygens (including phenoxy) is 1. The summed E-state index contributed by atoms with van der Waals surface area (Å²) < 4.78 is 8.07. The fraction of sp³-hybridized carbons (Fsp3) is 0.800. The average molecular weight is 448 g/mol. The first-order chi connectivity index (χ1) is 13.2. The van der Waals surface area contributed by atoms with Crippen molar-refractivity contribution in [1.82, 2.24) is 24.9 Å². The Labute approximate surface area is 186 Å². The van der Waals surface area contributed by atoms with Crippen LogP contribution in [0.2, 0.25) is 0 Å². The molecule has 7 nitrogen and oxygen atoms in total. The molecule has 9 heteroatoms. The molecule has 3 aliphatic rings. The highest BCUT2D eigenvalue weighted by molar-refractivity contribution is 5.85. The zero-order chi connectivity index (χ0) is 18.6. The summed E-state index contributed by atoms with van der Waals surface area (Å²) in [7, 11) is 1.94. The number of amides is 1. The van der Waals surface area contributed by atoms with Crippen molar-refractivity contribution >= 4 is 30.7 Å². The smallest absolute Gasteiger partial charge is 0.226 e. The molecule has 3 saturated heterocycles. The summed E-state index contributed by atoms with van der Waals surface area (Å²) in [6.07, 6.45) is 9.71. The number of hydrogen-bond acceptors (Lipinski definition) is 5. The highest BCUT2D eigenvalue weighted by atomic mass is 35.5. The van der Waals surface area contributed by atoms with Crippen LogP contribution in [0.25, 0.3) is 0 Å². The quantitative estimate of drug-likeness (QED) is 0.764. The molecule has 1 aromatic heterocycles. The first-order valence-corrected chi connectivity index (χ1v) is 10.6. The fourth-order valence-corrected chi connectivity index (χ4v) is 4.82. The van der Waals surface area contributed by atoms with Gasteiger partial charge in [0.25, 0.3) is 0 Å². The van der Waals surface area contributed by atoms with E-state index in [-0.39, 0.29) is 42.9 Å². The third-order valence-corrected chi connectivity index (χ3v) is 6.28. The summed E-state index contributed by atoms with van der Waals surface area (Å²) in [4.78, 5) is 18.0. The molecule has 29 heavy (non-hydrogen) atoms. The summed E-state index contributed by atoms with van der Waals surface area (Å²) in [6.45, 7) is 6.37. The minimum absolute atomic E-state index is 0. The van der Waals surface area contributed by atoms with E-state index < -0.39 is 0 Å². The standard InChI is InChI=1S/C20H33N5O2.2ClH/c1-23-14-17(13-22-23)19-18(15-24-9-3-2-4-10-24)27-12-11-25(19)20(26)16-5-7-21-8-6-16;;/h13-14,16,18-19,21H,2-12,15H2,1H3;2*1H/t18-,19-;;/m0../s1. The molecule has 0 saturated carbocycles. The summed E-state index contributed by atoms with van der Waals surface area (Å²) in [5, 5.41) is 7.75. The van der Waals surface area contributed by atoms with Gasteiger partial charge in [-0.15, -0.1) is 24.8 Å². The molecule has 1 N–H and O–H groups in total. The van der Waals surface area contributed by atoms with Crippen LogP contribution in [-0.4, -0.2) is 77.5 Å². The van der Waals surface area contributed by atoms with Crippen molar-refractivity contribution in [2.45, 2.75) is 44.2 Å². The van der Waals surface area contributed by atoms with E-state index in [0.717, 1.165) is 51.1 Å². The summed E-state index contributed by atoms with van der Waals surface area (Å²) in [5.74, 6) is 0.441. The number of halogens is 2. The van der Waals surface area contributed by atoms with E-state index in [0.29, 0.717) is 19.1 Å². The molecule has 3 aliphatic heterocycles. The molecule has 4 rings (SSSR count). The van der Waals surface area contributed by atoms with E-state index >= 15 is 0 Å². The van der Waals surface area contributed by atoms with Crippen molar-refractivity contribution in [3.05, 3.63) is 18.0 Å². The Bertz CT molecular complexity index is 632. The van der Waals surface area contributed by atoms with Crippen molar-refractivity contribution in [1.29, 1.82) is 0 Å². The number of piperidine rings is 2. The molecule has 4 heterocycles. The number of carbonyl (C=O) groups excluding carboxylic acids is 1. The highest BCUT2D eigenvalue weighted by Gasteiger charge is 2.40. The van der Waals surface area contributed by atoms with E-state index in [2.05, 4.69) is 20.2 Å². The van der Waals surface area contributed by atoms with Gasteiger partial charge in [0, 0.05) is 37.8 Å². The van der Waals surface area contributed by atoms with Gasteiger partial charge >= 0.3 is 0 Å². The molecule has 0 bridgehead atoms. The Kier molecular flexibility index (Phi) is 9.69. The van der Waals surface area contributed by atoms with Crippen LogP contribution in [0.4, 0.5) is 0 Å². The van der Waals surface area contributed by atoms with E-state index in [9.17, 15) is 4.79 Å². The van der Waals surface area contributed by atoms with Crippen LogP contribution < -0.4 is 5.32 Å². The predicted octanol–water partition coefficient (Wildman–Crippen LogP) is 2.02. The maximum Gasteiger partial charge on any atom is 0.226 e. The van der Waals surface area contributed by atoms with Crippen LogP contribution in [0.1, 0.15) is 43.7 Å². The summed E-state index contributed by atoms with van der Waals surface area (Å²) >= 11 is 0. The Hall–Kier alpha value is -0.860. The van der Waals surface area contributed by atoms with Crippen molar-refractivity contribution in [2.75, 3.05) is 45.9 Å². The number of carbonyl (C=O) groups is 1. The Balaban J connectivity index is 0.00000150. The molecule has 0 radical (unpaired) electrons. The highest BCUT2D eigenvalue weighted by Crippen LogP contribution is 2.33. The zero-order valence-electron chi connectivity index (χ0n) is 17.3. The van der Waals surface area contributed by atoms with Gasteiger partial charge in [0.05, 0.1) is 24.9 Å². The molecule has 166 valence electrons. The third-order valence-electron chi connectivity index (χ3n) is 6.28. The predicted molar refractivity (Wildman–Crippen MR) is 118 cm³/mol. The number of nitrogens with one attached hydrogen (secondary N) is 1. The van der Waals surface area contributed by atoms with E-state index in [1.165, 1.54) is 19.3 Å². The number of aryl methyl sites for hydroxylation is 1. The summed E-state index contributed by atoms with van der Waals surface area (Å²) in [6, 6.07) is -0.0308. The molecule has 0 aromatic carbocycles. The van der Waals surface area contributed by atoms with E-state index in [1.54, 1.807) is 0 Å². The number of morpholine rings is 1. The molecular weight excluding hydrogens is 413 g/mol. The lowest BCUT2D eigenvalue weighted by Crippen LogP contribution is -2.54. The number of likely N-dealkylation sites (tertiary alicyclic amines) is 1. The van der Waals surface area contributed by atoms with Gasteiger partial charge in [-0.3, -0.25) is 9.48 Å². The minimum atomic E-state index is -0.0308. The maximum atomic E-state index is 13.4. The van der Waals surface area contributed by atoms with Gasteiger partial charge in [0.2, 0.25) is 5.91 Å². The lowest BCUT2D eigenvalue weighted by atomic mass is 9.93. The Morgan fingerprint density at radius 2 is 1.90 bits per heavy atom. The van der Waals surface area contributed by atoms with Gasteiger partial charge in [-0.1, -0.05) is 6.42 Å². The van der Waals surface area contributed by atoms with Crippen molar-refractivity contribution < 1.29 is 9.53 Å². The van der Waals surface area contributed by atoms with E-state index in [4.69, 9.17) is 4.74 Å². The lowest BCUT2D eigenvalue weighted by molar-refractivity contribution is -0.153. The topological polar surface area (TPSA) is 62.6 Å². The lowest BCUT2D eigenvalue weighted by Gasteiger charge is -2.44. The average Bonchev–Trinajstić information content (AvgIpc) is 3.14. The molecule has 0 unspecified atom stereocenters. The van der Waals surface area contributed by atoms with Crippen LogP contribution in [-0.2, 0) is 16.6 Å². The fourth-order valence-electron chi connectivity index (χ4n) is 4.82. The zero-order valence-corrected chi connectivity index (χ0v) is 18.9. The molecule has 1 amide bonds. The molecule has 3 fully saturated rings. The number of rotatable bonds is 4. The molecule has 0 aliphatic carbocycles. The molecular formula is C20H35Cl2N5O2. The number of nitrogens with zero attached hydrogens (tertiary/aromatic N) is 4. The molecule has 0 spiro atoms. The second kappa shape index (κ2) is 11.5. The van der Waals surface area contributed by atoms with Crippen LogP contribution >= 0.6 is 24.8 Å². The second-order valence-corrected chi connectivity index (χ2v) is 8.22. The molecule has 2 atom stereocenters. The molecule has 1 aromatic rings. The monoisotopic (exact) mass is 447 g/mol. The maximum absolute atomic E-state index is 13.4. The second-order valence-electron chi connectivity index (χ2n) is 8.22. The Morgan fingerprint density at radius 1 is 1.17 bits per heavy atom. The third kappa shape index (κ3) is 5.85. The van der Waals surface area contributed by atoms with Crippen LogP contribution in [0.3, 0.4) is 0 Å². The SMILES string of the molecule is Cl.Cl.Cn1cc([C@H]2[C@H](CN3CCCCC3)OCCN2C(=O)C2CCNCC2)cn1. The van der Waals surface area contributed by atoms with Crippen molar-refractivity contribution in [3.8, 4) is 0 Å². The van der Waals surface area contributed by atoms with Gasteiger partial charge in [-0.25, -0.2) is 0 Å². The van der Waals surface area contributed by atoms with Gasteiger partial charge in [0.15, 0.2) is 0 Å². The van der Waals surface area contributed by atoms with Crippen molar-refractivity contribution in [2.24, 2.45) is 13.0 Å². The van der Waals surface area contributed by atoms with Crippen LogP contribution in [0.5, 0.6) is 0 Å². The Morgan fingerprint density at radius 3 is 2.55 bits per heavy atom. The first-order valence-electron chi connectivity index (χ1n) is 10.6. The summed E-state index contributed by atoms with van der Waals surface area (Å²) in [5.41, 5.74) is 1.10. The first kappa shape index (κ1) is 24.4. The number of hydrogen-bond donors (Lipinski definition) is 1. The van der Waals surface area contributed by atoms with Gasteiger partial charge in [-0.05, 0) is 51.9 Å². The van der Waals surface area contributed by atoms with E-state index in [1.807, 2.05) is 24.1 Å². The minimum Gasteiger partial charge on any atom is -0.373 e. The van der Waals surface area contributed by atoms with Crippen LogP contribution in [0, 0.1) is 5.92 Å². The normalized spacial score (nSPS) is 26.4. The van der Waals surface area contributed by atoms with Crippen LogP contribution in [0.15, 0.2) is 12.4 Å². The largest absolute Gasteiger partial charge is 0.373 e.